The molecule has 9 heteroatoms. The van der Waals surface area contributed by atoms with Crippen LogP contribution in [0.5, 0.6) is 17.2 Å². The average molecular weight is 428 g/mol. The summed E-state index contributed by atoms with van der Waals surface area (Å²) in [5, 5.41) is 20.5. The molecule has 1 atom stereocenters. The van der Waals surface area contributed by atoms with E-state index in [1.165, 1.54) is 0 Å². The maximum Gasteiger partial charge on any atom is 0.205 e. The number of ether oxygens (including phenoxy) is 3. The molecule has 0 fully saturated rings. The van der Waals surface area contributed by atoms with Crippen LogP contribution >= 0.6 is 15.9 Å². The molecule has 0 amide bonds. The fourth-order valence-corrected chi connectivity index (χ4v) is 3.89. The SMILES string of the molecule is COc1cc(C2C(C#N)=C(N)Oc3c2ccc2n[nH]nc32)cc(Br)c1OC. The number of nitriles is 1. The van der Waals surface area contributed by atoms with Gasteiger partial charge in [0.2, 0.25) is 5.88 Å². The fraction of sp³-hybridized carbons (Fsp3) is 0.167. The molecule has 0 bridgehead atoms. The number of halogens is 1. The maximum atomic E-state index is 9.72. The Morgan fingerprint density at radius 3 is 2.78 bits per heavy atom. The Morgan fingerprint density at radius 2 is 2.07 bits per heavy atom. The molecule has 1 aliphatic rings. The van der Waals surface area contributed by atoms with E-state index in [-0.39, 0.29) is 5.88 Å². The van der Waals surface area contributed by atoms with Gasteiger partial charge in [-0.2, -0.15) is 20.7 Å². The van der Waals surface area contributed by atoms with Gasteiger partial charge in [0.1, 0.15) is 17.2 Å². The van der Waals surface area contributed by atoms with Crippen molar-refractivity contribution in [1.82, 2.24) is 15.4 Å². The van der Waals surface area contributed by atoms with Gasteiger partial charge in [0.05, 0.1) is 24.6 Å². The summed E-state index contributed by atoms with van der Waals surface area (Å²) >= 11 is 3.50. The van der Waals surface area contributed by atoms with Crippen molar-refractivity contribution in [3.63, 3.8) is 0 Å². The molecule has 1 unspecified atom stereocenters. The van der Waals surface area contributed by atoms with Crippen molar-refractivity contribution < 1.29 is 14.2 Å². The van der Waals surface area contributed by atoms with Crippen molar-refractivity contribution in [2.24, 2.45) is 5.73 Å². The van der Waals surface area contributed by atoms with E-state index in [1.54, 1.807) is 14.2 Å². The average Bonchev–Trinajstić information content (AvgIpc) is 3.15. The summed E-state index contributed by atoms with van der Waals surface area (Å²) in [4.78, 5) is 0. The summed E-state index contributed by atoms with van der Waals surface area (Å²) in [6.45, 7) is 0. The second kappa shape index (κ2) is 6.48. The van der Waals surface area contributed by atoms with Crippen LogP contribution in [0, 0.1) is 11.3 Å². The lowest BCUT2D eigenvalue weighted by Gasteiger charge is -2.27. The summed E-state index contributed by atoms with van der Waals surface area (Å²) in [6.07, 6.45) is 0. The number of nitrogens with one attached hydrogen (secondary N) is 1. The summed E-state index contributed by atoms with van der Waals surface area (Å²) in [6, 6.07) is 9.54. The number of aromatic nitrogens is 3. The lowest BCUT2D eigenvalue weighted by molar-refractivity contribution is 0.352. The van der Waals surface area contributed by atoms with Gasteiger partial charge >= 0.3 is 0 Å². The fourth-order valence-electron chi connectivity index (χ4n) is 3.27. The molecule has 2 aromatic carbocycles. The number of allylic oxidation sites excluding steroid dienone is 1. The minimum atomic E-state index is -0.448. The van der Waals surface area contributed by atoms with Crippen LogP contribution in [-0.2, 0) is 0 Å². The van der Waals surface area contributed by atoms with Gasteiger partial charge in [-0.25, -0.2) is 0 Å². The third kappa shape index (κ3) is 2.57. The second-order valence-electron chi connectivity index (χ2n) is 5.84. The van der Waals surface area contributed by atoms with E-state index >= 15 is 0 Å². The molecule has 2 heterocycles. The summed E-state index contributed by atoms with van der Waals surface area (Å²) in [5.74, 6) is 1.17. The highest BCUT2D eigenvalue weighted by Crippen LogP contribution is 2.47. The zero-order chi connectivity index (χ0) is 19.1. The van der Waals surface area contributed by atoms with Crippen LogP contribution in [-0.4, -0.2) is 29.6 Å². The summed E-state index contributed by atoms with van der Waals surface area (Å²) < 4.78 is 17.3. The van der Waals surface area contributed by atoms with Crippen molar-refractivity contribution in [3.8, 4) is 23.3 Å². The van der Waals surface area contributed by atoms with Gasteiger partial charge in [-0.15, -0.1) is 0 Å². The Labute approximate surface area is 162 Å². The van der Waals surface area contributed by atoms with E-state index in [2.05, 4.69) is 37.4 Å². The Bertz CT molecular complexity index is 1130. The molecule has 136 valence electrons. The lowest BCUT2D eigenvalue weighted by Crippen LogP contribution is -2.21. The Balaban J connectivity index is 1.99. The summed E-state index contributed by atoms with van der Waals surface area (Å²) in [7, 11) is 3.12. The smallest absolute Gasteiger partial charge is 0.205 e. The van der Waals surface area contributed by atoms with Crippen LogP contribution in [0.15, 0.2) is 40.2 Å². The number of fused-ring (bicyclic) bond motifs is 3. The highest BCUT2D eigenvalue weighted by atomic mass is 79.9. The van der Waals surface area contributed by atoms with E-state index < -0.39 is 5.92 Å². The molecule has 3 N–H and O–H groups in total. The number of benzene rings is 2. The molecule has 0 saturated carbocycles. The van der Waals surface area contributed by atoms with E-state index in [9.17, 15) is 5.26 Å². The number of hydrogen-bond donors (Lipinski definition) is 2. The Kier molecular flexibility index (Phi) is 4.12. The number of nitrogens with zero attached hydrogens (tertiary/aromatic N) is 3. The van der Waals surface area contributed by atoms with Crippen LogP contribution in [0.4, 0.5) is 0 Å². The van der Waals surface area contributed by atoms with Gasteiger partial charge in [0, 0.05) is 5.56 Å². The maximum absolute atomic E-state index is 9.72. The first-order chi connectivity index (χ1) is 13.1. The highest BCUT2D eigenvalue weighted by Gasteiger charge is 2.33. The minimum absolute atomic E-state index is 0.0383. The van der Waals surface area contributed by atoms with E-state index in [1.807, 2.05) is 24.3 Å². The molecule has 8 nitrogen and oxygen atoms in total. The molecule has 4 rings (SSSR count). The highest BCUT2D eigenvalue weighted by molar-refractivity contribution is 9.10. The van der Waals surface area contributed by atoms with Gasteiger partial charge < -0.3 is 19.9 Å². The third-order valence-corrected chi connectivity index (χ3v) is 5.05. The second-order valence-corrected chi connectivity index (χ2v) is 6.69. The monoisotopic (exact) mass is 427 g/mol. The Morgan fingerprint density at radius 1 is 1.26 bits per heavy atom. The van der Waals surface area contributed by atoms with E-state index in [4.69, 9.17) is 19.9 Å². The van der Waals surface area contributed by atoms with Gasteiger partial charge in [0.25, 0.3) is 0 Å². The number of rotatable bonds is 3. The van der Waals surface area contributed by atoms with Crippen LogP contribution in [0.1, 0.15) is 17.0 Å². The number of methoxy groups -OCH3 is 2. The van der Waals surface area contributed by atoms with E-state index in [0.29, 0.717) is 38.3 Å². The molecule has 0 spiro atoms. The standard InChI is InChI=1S/C18H14BrN5O3/c1-25-13-6-8(5-11(19)17(13)26-2)14-9-3-4-12-15(23-24-22-12)16(9)27-18(21)10(14)7-20/h3-6,14H,21H2,1-2H3,(H,22,23,24). The zero-order valence-electron chi connectivity index (χ0n) is 14.4. The zero-order valence-corrected chi connectivity index (χ0v) is 16.0. The largest absolute Gasteiger partial charge is 0.493 e. The third-order valence-electron chi connectivity index (χ3n) is 4.46. The van der Waals surface area contributed by atoms with Crippen molar-refractivity contribution in [1.29, 1.82) is 5.26 Å². The molecule has 1 aliphatic heterocycles. The van der Waals surface area contributed by atoms with Crippen LogP contribution < -0.4 is 19.9 Å². The minimum Gasteiger partial charge on any atom is -0.493 e. The van der Waals surface area contributed by atoms with Gasteiger partial charge in [-0.3, -0.25) is 0 Å². The molecule has 1 aromatic heterocycles. The van der Waals surface area contributed by atoms with Crippen molar-refractivity contribution in [2.45, 2.75) is 5.92 Å². The molecule has 3 aromatic rings. The number of nitrogens with two attached hydrogens (primary N) is 1. The summed E-state index contributed by atoms with van der Waals surface area (Å²) in [5.41, 5.74) is 9.14. The molecule has 27 heavy (non-hydrogen) atoms. The quantitative estimate of drug-likeness (QED) is 0.658. The first kappa shape index (κ1) is 17.2. The molecular formula is C18H14BrN5O3. The molecular weight excluding hydrogens is 414 g/mol. The first-order valence-electron chi connectivity index (χ1n) is 7.91. The van der Waals surface area contributed by atoms with Gasteiger partial charge in [-0.1, -0.05) is 6.07 Å². The number of H-pyrrole nitrogens is 1. The first-order valence-corrected chi connectivity index (χ1v) is 8.70. The van der Waals surface area contributed by atoms with Crippen molar-refractivity contribution in [3.05, 3.63) is 51.3 Å². The Hall–Kier alpha value is -3.25. The van der Waals surface area contributed by atoms with Gasteiger partial charge in [0.15, 0.2) is 22.8 Å². The van der Waals surface area contributed by atoms with Crippen LogP contribution in [0.2, 0.25) is 0 Å². The number of aromatic amines is 1. The predicted molar refractivity (Wildman–Crippen MR) is 100 cm³/mol. The molecule has 0 radical (unpaired) electrons. The van der Waals surface area contributed by atoms with Gasteiger partial charge in [-0.05, 0) is 39.7 Å². The van der Waals surface area contributed by atoms with Crippen molar-refractivity contribution in [2.75, 3.05) is 14.2 Å². The van der Waals surface area contributed by atoms with Crippen molar-refractivity contribution >= 4 is 27.0 Å². The molecule has 0 saturated heterocycles. The van der Waals surface area contributed by atoms with E-state index in [0.717, 1.165) is 11.1 Å². The molecule has 0 aliphatic carbocycles. The lowest BCUT2D eigenvalue weighted by atomic mass is 9.83. The predicted octanol–water partition coefficient (Wildman–Crippen LogP) is 2.96. The normalized spacial score (nSPS) is 15.9. The topological polar surface area (TPSA) is 119 Å². The van der Waals surface area contributed by atoms with Crippen LogP contribution in [0.3, 0.4) is 0 Å². The number of hydrogen-bond acceptors (Lipinski definition) is 7. The van der Waals surface area contributed by atoms with Crippen LogP contribution in [0.25, 0.3) is 11.0 Å².